The summed E-state index contributed by atoms with van der Waals surface area (Å²) in [5.74, 6) is 0. The van der Waals surface area contributed by atoms with Crippen molar-refractivity contribution in [1.82, 2.24) is 5.32 Å². The van der Waals surface area contributed by atoms with Crippen molar-refractivity contribution in [3.63, 3.8) is 0 Å². The Morgan fingerprint density at radius 2 is 2.33 bits per heavy atom. The predicted octanol–water partition coefficient (Wildman–Crippen LogP) is 0.973. The SMILES string of the molecule is C=C1CC(NC(=O)O)C1. The first-order chi connectivity index (χ1) is 4.18. The van der Waals surface area contributed by atoms with Gasteiger partial charge in [0.25, 0.3) is 0 Å². The molecule has 1 rings (SSSR count). The molecule has 0 radical (unpaired) electrons. The fraction of sp³-hybridized carbons (Fsp3) is 0.500. The quantitative estimate of drug-likeness (QED) is 0.516. The van der Waals surface area contributed by atoms with Crippen LogP contribution < -0.4 is 5.32 Å². The average molecular weight is 127 g/mol. The highest BCUT2D eigenvalue weighted by molar-refractivity contribution is 5.65. The van der Waals surface area contributed by atoms with E-state index in [-0.39, 0.29) is 6.04 Å². The van der Waals surface area contributed by atoms with Gasteiger partial charge in [0.05, 0.1) is 0 Å². The second kappa shape index (κ2) is 2.09. The highest BCUT2D eigenvalue weighted by atomic mass is 16.4. The fourth-order valence-corrected chi connectivity index (χ4v) is 0.914. The van der Waals surface area contributed by atoms with Gasteiger partial charge in [-0.3, -0.25) is 0 Å². The molecule has 1 amide bonds. The second-order valence-corrected chi connectivity index (χ2v) is 2.30. The van der Waals surface area contributed by atoms with Crippen LogP contribution in [0.15, 0.2) is 12.2 Å². The van der Waals surface area contributed by atoms with Crippen LogP contribution in [-0.2, 0) is 0 Å². The smallest absolute Gasteiger partial charge is 0.404 e. The van der Waals surface area contributed by atoms with Gasteiger partial charge in [0, 0.05) is 6.04 Å². The lowest BCUT2D eigenvalue weighted by atomic mass is 9.88. The Morgan fingerprint density at radius 1 is 1.78 bits per heavy atom. The normalized spacial score (nSPS) is 18.9. The highest BCUT2D eigenvalue weighted by Crippen LogP contribution is 2.23. The lowest BCUT2D eigenvalue weighted by Gasteiger charge is -2.27. The molecule has 1 saturated carbocycles. The molecule has 0 aromatic heterocycles. The van der Waals surface area contributed by atoms with E-state index in [1.165, 1.54) is 0 Å². The van der Waals surface area contributed by atoms with E-state index in [9.17, 15) is 4.79 Å². The zero-order valence-electron chi connectivity index (χ0n) is 5.05. The Hall–Kier alpha value is -0.990. The van der Waals surface area contributed by atoms with E-state index in [1.807, 2.05) is 0 Å². The molecule has 0 aromatic carbocycles. The number of amides is 1. The minimum Gasteiger partial charge on any atom is -0.465 e. The molecule has 0 spiro atoms. The topological polar surface area (TPSA) is 49.3 Å². The first kappa shape index (κ1) is 6.13. The standard InChI is InChI=1S/C6H9NO2/c1-4-2-5(3-4)7-6(8)9/h5,7H,1-3H2,(H,8,9). The molecular formula is C6H9NO2. The molecule has 3 nitrogen and oxygen atoms in total. The largest absolute Gasteiger partial charge is 0.465 e. The minimum atomic E-state index is -0.937. The zero-order chi connectivity index (χ0) is 6.85. The fourth-order valence-electron chi connectivity index (χ4n) is 0.914. The summed E-state index contributed by atoms with van der Waals surface area (Å²) in [5.41, 5.74) is 1.13. The highest BCUT2D eigenvalue weighted by Gasteiger charge is 2.22. The Labute approximate surface area is 53.4 Å². The molecule has 3 heteroatoms. The number of nitrogens with one attached hydrogen (secondary N) is 1. The van der Waals surface area contributed by atoms with Gasteiger partial charge in [-0.05, 0) is 12.8 Å². The van der Waals surface area contributed by atoms with Crippen LogP contribution in [0.25, 0.3) is 0 Å². The Bertz CT molecular complexity index is 145. The monoisotopic (exact) mass is 127 g/mol. The molecule has 0 aliphatic heterocycles. The zero-order valence-corrected chi connectivity index (χ0v) is 5.05. The maximum Gasteiger partial charge on any atom is 0.404 e. The number of hydrogen-bond acceptors (Lipinski definition) is 1. The van der Waals surface area contributed by atoms with Gasteiger partial charge in [0.1, 0.15) is 0 Å². The van der Waals surface area contributed by atoms with Crippen LogP contribution in [0.5, 0.6) is 0 Å². The Morgan fingerprint density at radius 3 is 2.67 bits per heavy atom. The summed E-state index contributed by atoms with van der Waals surface area (Å²) in [7, 11) is 0. The summed E-state index contributed by atoms with van der Waals surface area (Å²) >= 11 is 0. The first-order valence-corrected chi connectivity index (χ1v) is 2.84. The van der Waals surface area contributed by atoms with Gasteiger partial charge in [-0.1, -0.05) is 12.2 Å². The van der Waals surface area contributed by atoms with Crippen LogP contribution in [0.3, 0.4) is 0 Å². The molecule has 0 saturated heterocycles. The average Bonchev–Trinajstić information content (AvgIpc) is 1.60. The van der Waals surface area contributed by atoms with Gasteiger partial charge >= 0.3 is 6.09 Å². The number of carbonyl (C=O) groups is 1. The molecule has 0 heterocycles. The van der Waals surface area contributed by atoms with Crippen LogP contribution in [0, 0.1) is 0 Å². The van der Waals surface area contributed by atoms with Crippen molar-refractivity contribution in [3.8, 4) is 0 Å². The van der Waals surface area contributed by atoms with Crippen molar-refractivity contribution in [2.45, 2.75) is 18.9 Å². The van der Waals surface area contributed by atoms with E-state index in [0.717, 1.165) is 18.4 Å². The number of carboxylic acid groups (broad SMARTS) is 1. The third-order valence-corrected chi connectivity index (χ3v) is 1.40. The van der Waals surface area contributed by atoms with Gasteiger partial charge in [-0.25, -0.2) is 4.79 Å². The number of hydrogen-bond donors (Lipinski definition) is 2. The molecule has 0 bridgehead atoms. The van der Waals surface area contributed by atoms with Crippen molar-refractivity contribution in [2.24, 2.45) is 0 Å². The molecule has 0 aromatic rings. The van der Waals surface area contributed by atoms with Crippen molar-refractivity contribution in [1.29, 1.82) is 0 Å². The maximum absolute atomic E-state index is 9.97. The summed E-state index contributed by atoms with van der Waals surface area (Å²) in [4.78, 5) is 9.97. The molecule has 0 atom stereocenters. The van der Waals surface area contributed by atoms with Crippen LogP contribution in [0.2, 0.25) is 0 Å². The van der Waals surface area contributed by atoms with Crippen LogP contribution in [0.1, 0.15) is 12.8 Å². The Balaban J connectivity index is 2.18. The summed E-state index contributed by atoms with van der Waals surface area (Å²) in [6.45, 7) is 3.69. The van der Waals surface area contributed by atoms with Crippen LogP contribution >= 0.6 is 0 Å². The van der Waals surface area contributed by atoms with Crippen LogP contribution in [-0.4, -0.2) is 17.2 Å². The molecule has 1 aliphatic carbocycles. The lowest BCUT2D eigenvalue weighted by Crippen LogP contribution is -2.39. The molecular weight excluding hydrogens is 118 g/mol. The van der Waals surface area contributed by atoms with E-state index in [1.54, 1.807) is 0 Å². The third kappa shape index (κ3) is 1.45. The van der Waals surface area contributed by atoms with E-state index < -0.39 is 6.09 Å². The summed E-state index contributed by atoms with van der Waals surface area (Å²) < 4.78 is 0. The summed E-state index contributed by atoms with van der Waals surface area (Å²) in [6, 6.07) is 0.134. The first-order valence-electron chi connectivity index (χ1n) is 2.84. The summed E-state index contributed by atoms with van der Waals surface area (Å²) in [5, 5.41) is 10.6. The van der Waals surface area contributed by atoms with Gasteiger partial charge < -0.3 is 10.4 Å². The van der Waals surface area contributed by atoms with E-state index >= 15 is 0 Å². The van der Waals surface area contributed by atoms with Crippen molar-refractivity contribution in [3.05, 3.63) is 12.2 Å². The summed E-state index contributed by atoms with van der Waals surface area (Å²) in [6.07, 6.45) is 0.686. The lowest BCUT2D eigenvalue weighted by molar-refractivity contribution is 0.187. The predicted molar refractivity (Wildman–Crippen MR) is 33.3 cm³/mol. The second-order valence-electron chi connectivity index (χ2n) is 2.30. The van der Waals surface area contributed by atoms with E-state index in [4.69, 9.17) is 5.11 Å². The van der Waals surface area contributed by atoms with E-state index in [2.05, 4.69) is 11.9 Å². The third-order valence-electron chi connectivity index (χ3n) is 1.40. The molecule has 9 heavy (non-hydrogen) atoms. The number of rotatable bonds is 1. The van der Waals surface area contributed by atoms with Crippen molar-refractivity contribution < 1.29 is 9.90 Å². The van der Waals surface area contributed by atoms with Crippen molar-refractivity contribution >= 4 is 6.09 Å². The molecule has 0 unspecified atom stereocenters. The van der Waals surface area contributed by atoms with E-state index in [0.29, 0.717) is 0 Å². The molecule has 50 valence electrons. The molecule has 1 fully saturated rings. The molecule has 1 aliphatic rings. The minimum absolute atomic E-state index is 0.134. The Kier molecular flexibility index (Phi) is 1.42. The van der Waals surface area contributed by atoms with Crippen molar-refractivity contribution in [2.75, 3.05) is 0 Å². The van der Waals surface area contributed by atoms with Crippen LogP contribution in [0.4, 0.5) is 4.79 Å². The van der Waals surface area contributed by atoms with Gasteiger partial charge in [0.2, 0.25) is 0 Å². The van der Waals surface area contributed by atoms with Gasteiger partial charge in [0.15, 0.2) is 0 Å². The maximum atomic E-state index is 9.97. The van der Waals surface area contributed by atoms with Gasteiger partial charge in [-0.15, -0.1) is 0 Å². The molecule has 2 N–H and O–H groups in total. The van der Waals surface area contributed by atoms with Gasteiger partial charge in [-0.2, -0.15) is 0 Å².